The Bertz CT molecular complexity index is 1130. The number of imidazole rings is 1. The van der Waals surface area contributed by atoms with E-state index in [0.717, 1.165) is 50.1 Å². The third-order valence-corrected chi connectivity index (χ3v) is 6.71. The van der Waals surface area contributed by atoms with Crippen molar-refractivity contribution in [3.05, 3.63) is 75.3 Å². The first-order chi connectivity index (χ1) is 14.9. The van der Waals surface area contributed by atoms with Crippen molar-refractivity contribution in [2.75, 3.05) is 20.6 Å². The Morgan fingerprint density at radius 1 is 1.00 bits per heavy atom. The molecule has 1 aromatic heterocycles. The topological polar surface area (TPSA) is 21.1 Å². The van der Waals surface area contributed by atoms with Crippen LogP contribution in [-0.2, 0) is 13.0 Å². The summed E-state index contributed by atoms with van der Waals surface area (Å²) in [6.45, 7) is 6.26. The quantitative estimate of drug-likeness (QED) is 0.372. The maximum atomic E-state index is 5.10. The molecule has 162 valence electrons. The van der Waals surface area contributed by atoms with Gasteiger partial charge in [-0.25, -0.2) is 4.98 Å². The van der Waals surface area contributed by atoms with Crippen molar-refractivity contribution in [3.63, 3.8) is 0 Å². The molecule has 4 rings (SSSR count). The summed E-state index contributed by atoms with van der Waals surface area (Å²) in [5.74, 6) is 1.05. The molecule has 31 heavy (non-hydrogen) atoms. The molecule has 0 bridgehead atoms. The predicted molar refractivity (Wildman–Crippen MR) is 136 cm³/mol. The second-order valence-corrected chi connectivity index (χ2v) is 9.84. The minimum absolute atomic E-state index is 0.830. The molecule has 0 N–H and O–H groups in total. The van der Waals surface area contributed by atoms with Crippen LogP contribution in [-0.4, -0.2) is 35.1 Å². The molecule has 1 aliphatic rings. The number of hydrogen-bond acceptors (Lipinski definition) is 2. The van der Waals surface area contributed by atoms with Gasteiger partial charge >= 0.3 is 0 Å². The average Bonchev–Trinajstić information content (AvgIpc) is 3.07. The highest BCUT2D eigenvalue weighted by Crippen LogP contribution is 2.32. The van der Waals surface area contributed by atoms with Crippen LogP contribution in [0.25, 0.3) is 22.4 Å². The Labute approximate surface area is 194 Å². The van der Waals surface area contributed by atoms with Crippen LogP contribution in [0, 0.1) is 13.8 Å². The molecule has 0 spiro atoms. The van der Waals surface area contributed by atoms with E-state index in [1.54, 1.807) is 0 Å². The van der Waals surface area contributed by atoms with E-state index in [1.165, 1.54) is 37.8 Å². The Balaban J connectivity index is 1.79. The van der Waals surface area contributed by atoms with Gasteiger partial charge in [0.05, 0.1) is 17.6 Å². The largest absolute Gasteiger partial charge is 0.319 e. The van der Waals surface area contributed by atoms with E-state index in [-0.39, 0.29) is 0 Å². The fraction of sp³-hybridized carbons (Fsp3) is 0.370. The third-order valence-electron chi connectivity index (χ3n) is 5.88. The van der Waals surface area contributed by atoms with E-state index in [1.807, 2.05) is 0 Å². The van der Waals surface area contributed by atoms with Crippen molar-refractivity contribution < 1.29 is 0 Å². The van der Waals surface area contributed by atoms with Crippen molar-refractivity contribution in [2.24, 2.45) is 0 Å². The number of benzene rings is 2. The highest BCUT2D eigenvalue weighted by atomic mass is 79.9. The molecular formula is C27H32BrN3. The van der Waals surface area contributed by atoms with Crippen molar-refractivity contribution in [1.82, 2.24) is 14.5 Å². The fourth-order valence-corrected chi connectivity index (χ4v) is 4.93. The van der Waals surface area contributed by atoms with Crippen LogP contribution in [0.5, 0.6) is 0 Å². The zero-order chi connectivity index (χ0) is 22.0. The van der Waals surface area contributed by atoms with Gasteiger partial charge in [0.2, 0.25) is 0 Å². The van der Waals surface area contributed by atoms with Crippen LogP contribution in [0.1, 0.15) is 36.0 Å². The number of rotatable bonds is 7. The van der Waals surface area contributed by atoms with Crippen LogP contribution in [0.15, 0.2) is 58.6 Å². The molecule has 1 aliphatic carbocycles. The first-order valence-electron chi connectivity index (χ1n) is 11.2. The zero-order valence-corrected chi connectivity index (χ0v) is 20.7. The standard InChI is InChI=1S/C27H32BrN3/c1-19-14-20(2)16-23(15-19)27-29-25-12-11-21(8-7-13-30(3)4)17-26(25)31(27)18-22-9-5-6-10-24(22)28/h9-12,14-17H,5-8,13,18H2,1-4H3. The van der Waals surface area contributed by atoms with Crippen LogP contribution < -0.4 is 0 Å². The van der Waals surface area contributed by atoms with Crippen molar-refractivity contribution in [3.8, 4) is 11.4 Å². The van der Waals surface area contributed by atoms with Crippen molar-refractivity contribution in [1.29, 1.82) is 0 Å². The highest BCUT2D eigenvalue weighted by Gasteiger charge is 2.17. The monoisotopic (exact) mass is 477 g/mol. The summed E-state index contributed by atoms with van der Waals surface area (Å²) in [5.41, 5.74) is 8.76. The van der Waals surface area contributed by atoms with E-state index in [0.29, 0.717) is 0 Å². The number of fused-ring (bicyclic) bond motifs is 1. The summed E-state index contributed by atoms with van der Waals surface area (Å²) in [4.78, 5) is 7.35. The van der Waals surface area contributed by atoms with E-state index >= 15 is 0 Å². The Morgan fingerprint density at radius 2 is 1.74 bits per heavy atom. The first kappa shape index (κ1) is 22.0. The van der Waals surface area contributed by atoms with E-state index in [9.17, 15) is 0 Å². The number of allylic oxidation sites excluding steroid dienone is 4. The number of aryl methyl sites for hydroxylation is 3. The normalized spacial score (nSPS) is 14.3. The molecule has 1 heterocycles. The van der Waals surface area contributed by atoms with Gasteiger partial charge in [0.15, 0.2) is 0 Å². The lowest BCUT2D eigenvalue weighted by Crippen LogP contribution is -2.13. The summed E-state index contributed by atoms with van der Waals surface area (Å²) in [6.07, 6.45) is 9.11. The van der Waals surface area contributed by atoms with E-state index in [2.05, 4.69) is 102 Å². The second-order valence-electron chi connectivity index (χ2n) is 8.99. The summed E-state index contributed by atoms with van der Waals surface area (Å²) >= 11 is 3.79. The number of nitrogens with zero attached hydrogens (tertiary/aromatic N) is 3. The van der Waals surface area contributed by atoms with Gasteiger partial charge in [0, 0.05) is 10.0 Å². The fourth-order valence-electron chi connectivity index (χ4n) is 4.41. The van der Waals surface area contributed by atoms with E-state index in [4.69, 9.17) is 4.98 Å². The van der Waals surface area contributed by atoms with Crippen LogP contribution in [0.4, 0.5) is 0 Å². The molecule has 0 saturated carbocycles. The molecular weight excluding hydrogens is 446 g/mol. The molecule has 0 unspecified atom stereocenters. The summed E-state index contributed by atoms with van der Waals surface area (Å²) in [6, 6.07) is 13.5. The van der Waals surface area contributed by atoms with Gasteiger partial charge in [-0.05, 0) is 95.6 Å². The van der Waals surface area contributed by atoms with Crippen LogP contribution in [0.2, 0.25) is 0 Å². The van der Waals surface area contributed by atoms with Gasteiger partial charge in [0.1, 0.15) is 5.82 Å². The van der Waals surface area contributed by atoms with Crippen molar-refractivity contribution in [2.45, 2.75) is 46.1 Å². The smallest absolute Gasteiger partial charge is 0.141 e. The molecule has 0 saturated heterocycles. The molecule has 0 atom stereocenters. The number of hydrogen-bond donors (Lipinski definition) is 0. The maximum Gasteiger partial charge on any atom is 0.141 e. The molecule has 0 radical (unpaired) electrons. The summed E-state index contributed by atoms with van der Waals surface area (Å²) in [5, 5.41) is 0. The predicted octanol–water partition coefficient (Wildman–Crippen LogP) is 6.81. The number of halogens is 1. The van der Waals surface area contributed by atoms with Crippen LogP contribution >= 0.6 is 15.9 Å². The minimum Gasteiger partial charge on any atom is -0.319 e. The maximum absolute atomic E-state index is 5.10. The molecule has 4 heteroatoms. The highest BCUT2D eigenvalue weighted by molar-refractivity contribution is 9.12. The lowest BCUT2D eigenvalue weighted by atomic mass is 10.1. The van der Waals surface area contributed by atoms with Gasteiger partial charge < -0.3 is 9.47 Å². The minimum atomic E-state index is 0.830. The molecule has 0 fully saturated rings. The van der Waals surface area contributed by atoms with E-state index < -0.39 is 0 Å². The summed E-state index contributed by atoms with van der Waals surface area (Å²) < 4.78 is 3.62. The Hall–Kier alpha value is -2.17. The van der Waals surface area contributed by atoms with Gasteiger partial charge in [0.25, 0.3) is 0 Å². The lowest BCUT2D eigenvalue weighted by Gasteiger charge is -2.16. The van der Waals surface area contributed by atoms with Gasteiger partial charge in [-0.2, -0.15) is 0 Å². The summed E-state index contributed by atoms with van der Waals surface area (Å²) in [7, 11) is 4.27. The Kier molecular flexibility index (Phi) is 6.78. The number of aromatic nitrogens is 2. The second kappa shape index (κ2) is 9.54. The molecule has 0 amide bonds. The average molecular weight is 478 g/mol. The zero-order valence-electron chi connectivity index (χ0n) is 19.1. The SMILES string of the molecule is Cc1cc(C)cc(-c2nc3ccc(CCCN(C)C)cc3n2CC2=CCCC=C2Br)c1. The third kappa shape index (κ3) is 5.19. The van der Waals surface area contributed by atoms with Crippen molar-refractivity contribution >= 4 is 27.0 Å². The molecule has 3 aromatic rings. The molecule has 0 aliphatic heterocycles. The molecule has 3 nitrogen and oxygen atoms in total. The molecule has 2 aromatic carbocycles. The van der Waals surface area contributed by atoms with Crippen LogP contribution in [0.3, 0.4) is 0 Å². The Morgan fingerprint density at radius 3 is 2.45 bits per heavy atom. The lowest BCUT2D eigenvalue weighted by molar-refractivity contribution is 0.400. The first-order valence-corrected chi connectivity index (χ1v) is 12.0. The van der Waals surface area contributed by atoms with Gasteiger partial charge in [-0.1, -0.05) is 51.3 Å². The van der Waals surface area contributed by atoms with Gasteiger partial charge in [-0.15, -0.1) is 0 Å². The van der Waals surface area contributed by atoms with Gasteiger partial charge in [-0.3, -0.25) is 0 Å².